The van der Waals surface area contributed by atoms with E-state index in [0.29, 0.717) is 25.6 Å². The molecule has 6 heteroatoms. The lowest BCUT2D eigenvalue weighted by Crippen LogP contribution is -2.50. The number of carbonyl (C=O) groups is 2. The predicted octanol–water partition coefficient (Wildman–Crippen LogP) is 3.62. The normalized spacial score (nSPS) is 12.1. The fourth-order valence-corrected chi connectivity index (χ4v) is 2.92. The topological polar surface area (TPSA) is 57.6 Å². The Morgan fingerprint density at radius 3 is 2.44 bits per heavy atom. The van der Waals surface area contributed by atoms with Crippen molar-refractivity contribution in [1.82, 2.24) is 19.7 Å². The molecular formula is C21H38N4O2. The van der Waals surface area contributed by atoms with Crippen LogP contribution in [0.2, 0.25) is 0 Å². The fraction of sp³-hybridized carbons (Fsp3) is 0.714. The molecule has 3 amide bonds. The van der Waals surface area contributed by atoms with Crippen molar-refractivity contribution < 1.29 is 9.59 Å². The van der Waals surface area contributed by atoms with Gasteiger partial charge in [-0.2, -0.15) is 0 Å². The average molecular weight is 379 g/mol. The van der Waals surface area contributed by atoms with Crippen LogP contribution in [-0.4, -0.2) is 52.0 Å². The molecule has 1 aromatic heterocycles. The van der Waals surface area contributed by atoms with E-state index in [0.717, 1.165) is 25.0 Å². The number of rotatable bonds is 11. The minimum absolute atomic E-state index is 0.00385. The predicted molar refractivity (Wildman–Crippen MR) is 110 cm³/mol. The highest BCUT2D eigenvalue weighted by Gasteiger charge is 2.25. The second-order valence-corrected chi connectivity index (χ2v) is 7.75. The van der Waals surface area contributed by atoms with Gasteiger partial charge in [0.05, 0.1) is 6.54 Å². The van der Waals surface area contributed by atoms with Crippen LogP contribution in [-0.2, 0) is 18.4 Å². The summed E-state index contributed by atoms with van der Waals surface area (Å²) in [6.07, 6.45) is 4.78. The highest BCUT2D eigenvalue weighted by molar-refractivity contribution is 5.84. The van der Waals surface area contributed by atoms with Gasteiger partial charge in [-0.05, 0) is 37.8 Å². The highest BCUT2D eigenvalue weighted by atomic mass is 16.2. The van der Waals surface area contributed by atoms with Gasteiger partial charge in [0.15, 0.2) is 0 Å². The molecule has 1 N–H and O–H groups in total. The molecule has 6 nitrogen and oxygen atoms in total. The smallest absolute Gasteiger partial charge is 0.318 e. The molecule has 0 saturated carbocycles. The molecule has 154 valence electrons. The lowest BCUT2D eigenvalue weighted by atomic mass is 10.2. The van der Waals surface area contributed by atoms with Gasteiger partial charge in [0, 0.05) is 38.1 Å². The third kappa shape index (κ3) is 7.65. The third-order valence-corrected chi connectivity index (χ3v) is 4.84. The molecule has 0 fully saturated rings. The Hall–Kier alpha value is -1.98. The summed E-state index contributed by atoms with van der Waals surface area (Å²) in [6, 6.07) is 3.89. The summed E-state index contributed by atoms with van der Waals surface area (Å²) >= 11 is 0. The van der Waals surface area contributed by atoms with Gasteiger partial charge in [-0.25, -0.2) is 4.79 Å². The van der Waals surface area contributed by atoms with Crippen LogP contribution < -0.4 is 5.32 Å². The van der Waals surface area contributed by atoms with Gasteiger partial charge < -0.3 is 19.7 Å². The van der Waals surface area contributed by atoms with Crippen LogP contribution in [0.3, 0.4) is 0 Å². The Balaban J connectivity index is 2.86. The molecule has 27 heavy (non-hydrogen) atoms. The summed E-state index contributed by atoms with van der Waals surface area (Å²) in [6.45, 7) is 12.3. The van der Waals surface area contributed by atoms with Crippen LogP contribution in [0.15, 0.2) is 18.3 Å². The molecule has 0 aromatic carbocycles. The number of nitrogens with zero attached hydrogens (tertiary/aromatic N) is 3. The molecule has 0 aliphatic rings. The highest BCUT2D eigenvalue weighted by Crippen LogP contribution is 2.11. The molecule has 1 unspecified atom stereocenters. The zero-order chi connectivity index (χ0) is 20.4. The fourth-order valence-electron chi connectivity index (χ4n) is 2.92. The van der Waals surface area contributed by atoms with Crippen LogP contribution in [0.4, 0.5) is 4.79 Å². The van der Waals surface area contributed by atoms with E-state index in [-0.39, 0.29) is 24.5 Å². The van der Waals surface area contributed by atoms with Crippen molar-refractivity contribution in [3.63, 3.8) is 0 Å². The van der Waals surface area contributed by atoms with Gasteiger partial charge >= 0.3 is 6.03 Å². The number of carbonyl (C=O) groups excluding carboxylic acids is 2. The first-order valence-electron chi connectivity index (χ1n) is 10.2. The van der Waals surface area contributed by atoms with Crippen molar-refractivity contribution in [2.24, 2.45) is 13.0 Å². The van der Waals surface area contributed by atoms with Crippen molar-refractivity contribution in [3.8, 4) is 0 Å². The number of urea groups is 1. The first kappa shape index (κ1) is 23.1. The monoisotopic (exact) mass is 378 g/mol. The van der Waals surface area contributed by atoms with Crippen LogP contribution in [0.1, 0.15) is 59.6 Å². The third-order valence-electron chi connectivity index (χ3n) is 4.84. The standard InChI is InChI=1S/C21H38N4O2/c1-7-9-12-22-21(27)25(18(5)8-2)16-20(26)24(14-17(3)4)15-19-11-10-13-23(19)6/h10-11,13,17-18H,7-9,12,14-16H2,1-6H3,(H,22,27). The number of nitrogens with one attached hydrogen (secondary N) is 1. The molecule has 0 aliphatic heterocycles. The van der Waals surface area contributed by atoms with E-state index in [2.05, 4.69) is 26.1 Å². The lowest BCUT2D eigenvalue weighted by molar-refractivity contribution is -0.133. The van der Waals surface area contributed by atoms with Crippen LogP contribution in [0.25, 0.3) is 0 Å². The number of aromatic nitrogens is 1. The van der Waals surface area contributed by atoms with Gasteiger partial charge in [0.2, 0.25) is 5.91 Å². The molecule has 0 spiro atoms. The van der Waals surface area contributed by atoms with E-state index in [4.69, 9.17) is 0 Å². The van der Waals surface area contributed by atoms with Crippen molar-refractivity contribution in [3.05, 3.63) is 24.0 Å². The van der Waals surface area contributed by atoms with Crippen molar-refractivity contribution in [2.45, 2.75) is 66.5 Å². The number of unbranched alkanes of at least 4 members (excludes halogenated alkanes) is 1. The van der Waals surface area contributed by atoms with E-state index in [1.165, 1.54) is 0 Å². The number of hydrogen-bond acceptors (Lipinski definition) is 2. The van der Waals surface area contributed by atoms with Gasteiger partial charge in [-0.15, -0.1) is 0 Å². The summed E-state index contributed by atoms with van der Waals surface area (Å²) in [5, 5.41) is 2.95. The molecule has 0 radical (unpaired) electrons. The van der Waals surface area contributed by atoms with Crippen LogP contribution in [0.5, 0.6) is 0 Å². The number of hydrogen-bond donors (Lipinski definition) is 1. The van der Waals surface area contributed by atoms with E-state index >= 15 is 0 Å². The summed E-state index contributed by atoms with van der Waals surface area (Å²) in [7, 11) is 1.99. The van der Waals surface area contributed by atoms with Crippen LogP contribution >= 0.6 is 0 Å². The Labute approximate surface area is 164 Å². The first-order chi connectivity index (χ1) is 12.8. The summed E-state index contributed by atoms with van der Waals surface area (Å²) in [4.78, 5) is 29.2. The van der Waals surface area contributed by atoms with Gasteiger partial charge in [-0.3, -0.25) is 4.79 Å². The minimum atomic E-state index is -0.144. The summed E-state index contributed by atoms with van der Waals surface area (Å²) in [5.41, 5.74) is 1.09. The van der Waals surface area contributed by atoms with Crippen LogP contribution in [0, 0.1) is 5.92 Å². The maximum atomic E-state index is 13.1. The molecule has 0 aliphatic carbocycles. The number of amides is 3. The van der Waals surface area contributed by atoms with Gasteiger partial charge in [-0.1, -0.05) is 34.1 Å². The average Bonchev–Trinajstić information content (AvgIpc) is 3.02. The van der Waals surface area contributed by atoms with Gasteiger partial charge in [0.1, 0.15) is 6.54 Å². The Morgan fingerprint density at radius 1 is 1.22 bits per heavy atom. The number of aryl methyl sites for hydroxylation is 1. The summed E-state index contributed by atoms with van der Waals surface area (Å²) < 4.78 is 2.03. The van der Waals surface area contributed by atoms with Gasteiger partial charge in [0.25, 0.3) is 0 Å². The SMILES string of the molecule is CCCCNC(=O)N(CC(=O)N(Cc1cccn1C)CC(C)C)C(C)CC. The van der Waals surface area contributed by atoms with E-state index in [9.17, 15) is 9.59 Å². The maximum absolute atomic E-state index is 13.1. The molecule has 1 rings (SSSR count). The molecule has 1 heterocycles. The van der Waals surface area contributed by atoms with E-state index in [1.54, 1.807) is 4.90 Å². The molecule has 0 bridgehead atoms. The summed E-state index contributed by atoms with van der Waals surface area (Å²) in [5.74, 6) is 0.362. The quantitative estimate of drug-likeness (QED) is 0.598. The maximum Gasteiger partial charge on any atom is 0.318 e. The largest absolute Gasteiger partial charge is 0.353 e. The molecule has 1 atom stereocenters. The van der Waals surface area contributed by atoms with E-state index < -0.39 is 0 Å². The Bertz CT molecular complexity index is 582. The zero-order valence-corrected chi connectivity index (χ0v) is 18.0. The Kier molecular flexibility index (Phi) is 9.97. The first-order valence-corrected chi connectivity index (χ1v) is 10.2. The van der Waals surface area contributed by atoms with Crippen molar-refractivity contribution in [2.75, 3.05) is 19.6 Å². The Morgan fingerprint density at radius 2 is 1.93 bits per heavy atom. The van der Waals surface area contributed by atoms with Crippen molar-refractivity contribution in [1.29, 1.82) is 0 Å². The lowest BCUT2D eigenvalue weighted by Gasteiger charge is -2.32. The zero-order valence-electron chi connectivity index (χ0n) is 18.0. The molecule has 1 aromatic rings. The van der Waals surface area contributed by atoms with Crippen molar-refractivity contribution >= 4 is 11.9 Å². The second-order valence-electron chi connectivity index (χ2n) is 7.75. The van der Waals surface area contributed by atoms with E-state index in [1.807, 2.05) is 48.7 Å². The molecule has 0 saturated heterocycles. The minimum Gasteiger partial charge on any atom is -0.353 e. The second kappa shape index (κ2) is 11.7. The molecular weight excluding hydrogens is 340 g/mol.